The minimum atomic E-state index is -0.579. The van der Waals surface area contributed by atoms with E-state index in [4.69, 9.17) is 0 Å². The van der Waals surface area contributed by atoms with Gasteiger partial charge < -0.3 is 10.2 Å². The van der Waals surface area contributed by atoms with Gasteiger partial charge in [0, 0.05) is 31.9 Å². The number of hydrogen-bond acceptors (Lipinski definition) is 4. The van der Waals surface area contributed by atoms with Crippen LogP contribution in [0.1, 0.15) is 6.92 Å². The van der Waals surface area contributed by atoms with Crippen LogP contribution in [0.25, 0.3) is 0 Å². The van der Waals surface area contributed by atoms with Crippen LogP contribution in [0.15, 0.2) is 20.3 Å². The summed E-state index contributed by atoms with van der Waals surface area (Å²) in [5.41, 5.74) is -1.08. The van der Waals surface area contributed by atoms with E-state index in [0.29, 0.717) is 6.54 Å². The standard InChI is InChI=1S/C11H15BrN4O3/c1-7-4-13-2-3-16(7)9(17)6-15-5-8(12)10(18)14-11(15)19/h5,7,13H,2-4,6H2,1H3,(H,14,18,19). The molecule has 2 heterocycles. The quantitative estimate of drug-likeness (QED) is 0.737. The number of hydrogen-bond donors (Lipinski definition) is 2. The van der Waals surface area contributed by atoms with E-state index in [2.05, 4.69) is 26.2 Å². The fourth-order valence-electron chi connectivity index (χ4n) is 2.05. The third-order valence-corrected chi connectivity index (χ3v) is 3.66. The Morgan fingerprint density at radius 3 is 2.95 bits per heavy atom. The van der Waals surface area contributed by atoms with Crippen molar-refractivity contribution in [2.75, 3.05) is 19.6 Å². The monoisotopic (exact) mass is 330 g/mol. The summed E-state index contributed by atoms with van der Waals surface area (Å²) < 4.78 is 1.43. The molecule has 1 atom stereocenters. The van der Waals surface area contributed by atoms with E-state index in [1.54, 1.807) is 4.90 Å². The number of halogens is 1. The Kier molecular flexibility index (Phi) is 4.20. The Morgan fingerprint density at radius 2 is 2.26 bits per heavy atom. The molecule has 0 aromatic carbocycles. The summed E-state index contributed by atoms with van der Waals surface area (Å²) in [6, 6.07) is 0.100. The lowest BCUT2D eigenvalue weighted by Crippen LogP contribution is -2.53. The van der Waals surface area contributed by atoms with Crippen molar-refractivity contribution in [3.8, 4) is 0 Å². The number of piperazine rings is 1. The first kappa shape index (κ1) is 14.0. The molecule has 8 heteroatoms. The average Bonchev–Trinajstić information content (AvgIpc) is 2.36. The first-order valence-corrected chi connectivity index (χ1v) is 6.78. The van der Waals surface area contributed by atoms with Crippen molar-refractivity contribution < 1.29 is 4.79 Å². The number of nitrogens with one attached hydrogen (secondary N) is 2. The fraction of sp³-hybridized carbons (Fsp3) is 0.545. The number of carbonyl (C=O) groups is 1. The number of nitrogens with zero attached hydrogens (tertiary/aromatic N) is 2. The van der Waals surface area contributed by atoms with Crippen LogP contribution in [0.4, 0.5) is 0 Å². The van der Waals surface area contributed by atoms with E-state index in [1.165, 1.54) is 10.8 Å². The maximum atomic E-state index is 12.2. The molecule has 0 saturated carbocycles. The van der Waals surface area contributed by atoms with Crippen LogP contribution < -0.4 is 16.6 Å². The molecule has 1 unspecified atom stereocenters. The minimum Gasteiger partial charge on any atom is -0.336 e. The minimum absolute atomic E-state index is 0.0709. The molecule has 1 amide bonds. The van der Waals surface area contributed by atoms with Crippen LogP contribution in [0, 0.1) is 0 Å². The van der Waals surface area contributed by atoms with Gasteiger partial charge in [-0.25, -0.2) is 4.79 Å². The largest absolute Gasteiger partial charge is 0.336 e. The zero-order chi connectivity index (χ0) is 14.0. The zero-order valence-corrected chi connectivity index (χ0v) is 12.1. The van der Waals surface area contributed by atoms with Crippen molar-refractivity contribution in [1.29, 1.82) is 0 Å². The van der Waals surface area contributed by atoms with Crippen LogP contribution in [0.2, 0.25) is 0 Å². The first-order chi connectivity index (χ1) is 8.99. The summed E-state index contributed by atoms with van der Waals surface area (Å²) in [7, 11) is 0. The van der Waals surface area contributed by atoms with Crippen molar-refractivity contribution in [3.05, 3.63) is 31.5 Å². The molecule has 1 aromatic heterocycles. The third kappa shape index (κ3) is 3.13. The maximum absolute atomic E-state index is 12.2. The molecule has 2 rings (SSSR count). The summed E-state index contributed by atoms with van der Waals surface area (Å²) in [6.45, 7) is 4.00. The topological polar surface area (TPSA) is 87.2 Å². The summed E-state index contributed by atoms with van der Waals surface area (Å²) in [5.74, 6) is -0.130. The van der Waals surface area contributed by atoms with E-state index >= 15 is 0 Å². The number of aromatic nitrogens is 2. The molecular formula is C11H15BrN4O3. The van der Waals surface area contributed by atoms with Crippen LogP contribution in [-0.4, -0.2) is 46.0 Å². The second kappa shape index (κ2) is 5.70. The Hall–Kier alpha value is -1.41. The van der Waals surface area contributed by atoms with E-state index in [1.807, 2.05) is 6.92 Å². The van der Waals surface area contributed by atoms with Gasteiger partial charge in [0.2, 0.25) is 5.91 Å². The molecule has 1 aliphatic rings. The van der Waals surface area contributed by atoms with Gasteiger partial charge in [0.05, 0.1) is 4.47 Å². The van der Waals surface area contributed by atoms with Crippen molar-refractivity contribution in [2.45, 2.75) is 19.5 Å². The molecule has 7 nitrogen and oxygen atoms in total. The molecule has 104 valence electrons. The highest BCUT2D eigenvalue weighted by atomic mass is 79.9. The molecule has 1 aromatic rings. The smallest absolute Gasteiger partial charge is 0.328 e. The van der Waals surface area contributed by atoms with Gasteiger partial charge in [0.15, 0.2) is 0 Å². The maximum Gasteiger partial charge on any atom is 0.328 e. The number of rotatable bonds is 2. The van der Waals surface area contributed by atoms with Gasteiger partial charge in [-0.1, -0.05) is 0 Å². The highest BCUT2D eigenvalue weighted by Gasteiger charge is 2.23. The normalized spacial score (nSPS) is 19.5. The van der Waals surface area contributed by atoms with Gasteiger partial charge in [-0.15, -0.1) is 0 Å². The Balaban J connectivity index is 2.17. The van der Waals surface area contributed by atoms with E-state index in [9.17, 15) is 14.4 Å². The summed E-state index contributed by atoms with van der Waals surface area (Å²) >= 11 is 3.04. The van der Waals surface area contributed by atoms with Crippen molar-refractivity contribution >= 4 is 21.8 Å². The molecule has 19 heavy (non-hydrogen) atoms. The van der Waals surface area contributed by atoms with Gasteiger partial charge in [0.1, 0.15) is 6.54 Å². The Bertz CT molecular complexity index is 594. The highest BCUT2D eigenvalue weighted by molar-refractivity contribution is 9.10. The van der Waals surface area contributed by atoms with E-state index < -0.39 is 11.2 Å². The fourth-order valence-corrected chi connectivity index (χ4v) is 2.39. The van der Waals surface area contributed by atoms with Crippen LogP contribution in [-0.2, 0) is 11.3 Å². The molecule has 1 fully saturated rings. The molecule has 1 saturated heterocycles. The molecule has 0 radical (unpaired) electrons. The van der Waals surface area contributed by atoms with Gasteiger partial charge in [0.25, 0.3) is 5.56 Å². The predicted octanol–water partition coefficient (Wildman–Crippen LogP) is -0.881. The molecule has 1 aliphatic heterocycles. The highest BCUT2D eigenvalue weighted by Crippen LogP contribution is 2.04. The lowest BCUT2D eigenvalue weighted by Gasteiger charge is -2.34. The number of carbonyl (C=O) groups excluding carboxylic acids is 1. The van der Waals surface area contributed by atoms with Crippen molar-refractivity contribution in [1.82, 2.24) is 19.8 Å². The van der Waals surface area contributed by atoms with Gasteiger partial charge in [-0.05, 0) is 22.9 Å². The summed E-state index contributed by atoms with van der Waals surface area (Å²) in [5, 5.41) is 3.19. The molecular weight excluding hydrogens is 316 g/mol. The van der Waals surface area contributed by atoms with Crippen LogP contribution in [0.5, 0.6) is 0 Å². The lowest BCUT2D eigenvalue weighted by molar-refractivity contribution is -0.134. The first-order valence-electron chi connectivity index (χ1n) is 5.98. The number of H-pyrrole nitrogens is 1. The SMILES string of the molecule is CC1CNCCN1C(=O)Cn1cc(Br)c(=O)[nH]c1=O. The van der Waals surface area contributed by atoms with Crippen LogP contribution in [0.3, 0.4) is 0 Å². The number of amides is 1. The van der Waals surface area contributed by atoms with Gasteiger partial charge in [-0.3, -0.25) is 19.1 Å². The van der Waals surface area contributed by atoms with Crippen molar-refractivity contribution in [3.63, 3.8) is 0 Å². The molecule has 0 bridgehead atoms. The third-order valence-electron chi connectivity index (χ3n) is 3.09. The number of aromatic amines is 1. The second-order valence-electron chi connectivity index (χ2n) is 4.50. The summed E-state index contributed by atoms with van der Waals surface area (Å²) in [4.78, 5) is 38.9. The zero-order valence-electron chi connectivity index (χ0n) is 10.5. The molecule has 0 spiro atoms. The lowest BCUT2D eigenvalue weighted by atomic mass is 10.2. The second-order valence-corrected chi connectivity index (χ2v) is 5.36. The van der Waals surface area contributed by atoms with Crippen molar-refractivity contribution in [2.24, 2.45) is 0 Å². The Morgan fingerprint density at radius 1 is 1.53 bits per heavy atom. The van der Waals surface area contributed by atoms with Crippen LogP contribution >= 0.6 is 15.9 Å². The Labute approximate surface area is 117 Å². The van der Waals surface area contributed by atoms with E-state index in [0.717, 1.165) is 13.1 Å². The average molecular weight is 331 g/mol. The van der Waals surface area contributed by atoms with Gasteiger partial charge in [-0.2, -0.15) is 0 Å². The van der Waals surface area contributed by atoms with E-state index in [-0.39, 0.29) is 23.0 Å². The molecule has 0 aliphatic carbocycles. The predicted molar refractivity (Wildman–Crippen MR) is 73.1 cm³/mol. The van der Waals surface area contributed by atoms with Gasteiger partial charge >= 0.3 is 5.69 Å². The molecule has 2 N–H and O–H groups in total. The summed E-state index contributed by atoms with van der Waals surface area (Å²) in [6.07, 6.45) is 1.34.